The lowest BCUT2D eigenvalue weighted by atomic mass is 9.75. The zero-order valence-electron chi connectivity index (χ0n) is 10.5. The van der Waals surface area contributed by atoms with Crippen molar-refractivity contribution in [2.24, 2.45) is 5.41 Å². The molecule has 1 fully saturated rings. The molecule has 0 spiro atoms. The van der Waals surface area contributed by atoms with Gasteiger partial charge in [-0.2, -0.15) is 0 Å². The number of nitrogens with one attached hydrogen (secondary N) is 1. The normalized spacial score (nSPS) is 25.4. The number of carboxylic acid groups (broad SMARTS) is 1. The molecule has 0 saturated heterocycles. The van der Waals surface area contributed by atoms with Crippen LogP contribution < -0.4 is 5.32 Å². The number of carbonyl (C=O) groups is 1. The van der Waals surface area contributed by atoms with Crippen LogP contribution in [0, 0.1) is 5.41 Å². The van der Waals surface area contributed by atoms with Crippen LogP contribution in [-0.4, -0.2) is 23.7 Å². The van der Waals surface area contributed by atoms with Crippen LogP contribution in [0.3, 0.4) is 0 Å². The van der Waals surface area contributed by atoms with E-state index in [1.54, 1.807) is 0 Å². The number of hydrogen-bond acceptors (Lipinski definition) is 2. The first kappa shape index (κ1) is 13.2. The van der Waals surface area contributed by atoms with Crippen molar-refractivity contribution in [1.29, 1.82) is 0 Å². The smallest absolute Gasteiger partial charge is 0.328 e. The van der Waals surface area contributed by atoms with E-state index in [1.807, 2.05) is 6.92 Å². The maximum absolute atomic E-state index is 10.5. The molecule has 92 valence electrons. The van der Waals surface area contributed by atoms with Gasteiger partial charge in [-0.25, -0.2) is 4.79 Å². The van der Waals surface area contributed by atoms with Crippen molar-refractivity contribution >= 4 is 5.97 Å². The third-order valence-electron chi connectivity index (χ3n) is 3.24. The number of carboxylic acids is 1. The summed E-state index contributed by atoms with van der Waals surface area (Å²) in [5.41, 5.74) is 1.32. The van der Waals surface area contributed by atoms with Gasteiger partial charge in [0.1, 0.15) is 0 Å². The van der Waals surface area contributed by atoms with Crippen molar-refractivity contribution in [2.75, 3.05) is 6.54 Å². The van der Waals surface area contributed by atoms with Crippen LogP contribution >= 0.6 is 0 Å². The summed E-state index contributed by atoms with van der Waals surface area (Å²) in [6.07, 6.45) is 6.25. The average Bonchev–Trinajstić information content (AvgIpc) is 2.12. The molecule has 1 aliphatic carbocycles. The molecule has 1 aliphatic rings. The molecule has 16 heavy (non-hydrogen) atoms. The maximum atomic E-state index is 10.5. The molecular weight excluding hydrogens is 202 g/mol. The van der Waals surface area contributed by atoms with E-state index in [2.05, 4.69) is 19.2 Å². The van der Waals surface area contributed by atoms with E-state index in [1.165, 1.54) is 31.8 Å². The first-order valence-electron chi connectivity index (χ1n) is 6.02. The first-order chi connectivity index (χ1) is 7.39. The summed E-state index contributed by atoms with van der Waals surface area (Å²) in [6, 6.07) is 0.542. The van der Waals surface area contributed by atoms with Gasteiger partial charge >= 0.3 is 5.97 Å². The Morgan fingerprint density at radius 3 is 2.81 bits per heavy atom. The molecule has 0 aliphatic heterocycles. The monoisotopic (exact) mass is 225 g/mol. The molecule has 0 aromatic carbocycles. The van der Waals surface area contributed by atoms with Crippen molar-refractivity contribution in [2.45, 2.75) is 52.5 Å². The minimum absolute atomic E-state index is 0.431. The molecule has 0 aromatic rings. The highest BCUT2D eigenvalue weighted by Gasteiger charge is 2.27. The van der Waals surface area contributed by atoms with Crippen LogP contribution in [0.1, 0.15) is 46.5 Å². The predicted octanol–water partition coefficient (Wildman–Crippen LogP) is 2.58. The van der Waals surface area contributed by atoms with Crippen LogP contribution in [0.2, 0.25) is 0 Å². The molecular formula is C13H23NO2. The van der Waals surface area contributed by atoms with Crippen molar-refractivity contribution in [3.63, 3.8) is 0 Å². The van der Waals surface area contributed by atoms with Crippen molar-refractivity contribution in [3.05, 3.63) is 11.6 Å². The summed E-state index contributed by atoms with van der Waals surface area (Å²) in [7, 11) is 0. The molecule has 1 saturated carbocycles. The van der Waals surface area contributed by atoms with Gasteiger partial charge in [-0.05, 0) is 31.6 Å². The Hall–Kier alpha value is -0.830. The van der Waals surface area contributed by atoms with Crippen LogP contribution in [0.5, 0.6) is 0 Å². The number of rotatable bonds is 4. The summed E-state index contributed by atoms with van der Waals surface area (Å²) < 4.78 is 0. The molecule has 1 unspecified atom stereocenters. The highest BCUT2D eigenvalue weighted by molar-refractivity contribution is 5.80. The topological polar surface area (TPSA) is 49.3 Å². The van der Waals surface area contributed by atoms with Gasteiger partial charge in [0.2, 0.25) is 0 Å². The van der Waals surface area contributed by atoms with Crippen LogP contribution in [0.25, 0.3) is 0 Å². The Morgan fingerprint density at radius 1 is 1.56 bits per heavy atom. The third-order valence-corrected chi connectivity index (χ3v) is 3.24. The van der Waals surface area contributed by atoms with E-state index in [9.17, 15) is 4.79 Å². The van der Waals surface area contributed by atoms with Gasteiger partial charge in [0.25, 0.3) is 0 Å². The molecule has 1 atom stereocenters. The highest BCUT2D eigenvalue weighted by atomic mass is 16.4. The Bertz CT molecular complexity index is 282. The van der Waals surface area contributed by atoms with Gasteiger partial charge in [-0.1, -0.05) is 25.8 Å². The van der Waals surface area contributed by atoms with E-state index < -0.39 is 5.97 Å². The number of hydrogen-bond donors (Lipinski definition) is 2. The van der Waals surface area contributed by atoms with E-state index in [4.69, 9.17) is 5.11 Å². The minimum atomic E-state index is -0.858. The number of aliphatic carboxylic acids is 1. The molecule has 0 bridgehead atoms. The van der Waals surface area contributed by atoms with Crippen LogP contribution in [0.15, 0.2) is 11.6 Å². The predicted molar refractivity (Wildman–Crippen MR) is 65.4 cm³/mol. The molecule has 1 rings (SSSR count). The maximum Gasteiger partial charge on any atom is 0.328 e. The van der Waals surface area contributed by atoms with E-state index in [-0.39, 0.29) is 0 Å². The Labute approximate surface area is 97.9 Å². The lowest BCUT2D eigenvalue weighted by Crippen LogP contribution is -2.38. The fourth-order valence-corrected chi connectivity index (χ4v) is 2.44. The van der Waals surface area contributed by atoms with Gasteiger partial charge in [0.15, 0.2) is 0 Å². The van der Waals surface area contributed by atoms with Crippen molar-refractivity contribution in [3.8, 4) is 0 Å². The summed E-state index contributed by atoms with van der Waals surface area (Å²) >= 11 is 0. The van der Waals surface area contributed by atoms with Gasteiger partial charge in [-0.3, -0.25) is 0 Å². The minimum Gasteiger partial charge on any atom is -0.478 e. The van der Waals surface area contributed by atoms with E-state index in [0.29, 0.717) is 18.0 Å². The average molecular weight is 225 g/mol. The quantitative estimate of drug-likeness (QED) is 0.723. The highest BCUT2D eigenvalue weighted by Crippen LogP contribution is 2.34. The van der Waals surface area contributed by atoms with E-state index in [0.717, 1.165) is 5.57 Å². The van der Waals surface area contributed by atoms with Crippen molar-refractivity contribution in [1.82, 2.24) is 5.32 Å². The Morgan fingerprint density at radius 2 is 2.25 bits per heavy atom. The van der Waals surface area contributed by atoms with Gasteiger partial charge in [0.05, 0.1) is 0 Å². The Balaban J connectivity index is 2.35. The zero-order valence-corrected chi connectivity index (χ0v) is 10.5. The second-order valence-electron chi connectivity index (χ2n) is 5.67. The van der Waals surface area contributed by atoms with E-state index >= 15 is 0 Å². The fourth-order valence-electron chi connectivity index (χ4n) is 2.44. The molecule has 0 amide bonds. The lowest BCUT2D eigenvalue weighted by Gasteiger charge is -2.35. The molecule has 2 N–H and O–H groups in total. The molecule has 0 aromatic heterocycles. The molecule has 0 heterocycles. The second kappa shape index (κ2) is 5.48. The van der Waals surface area contributed by atoms with Crippen molar-refractivity contribution < 1.29 is 9.90 Å². The van der Waals surface area contributed by atoms with Gasteiger partial charge < -0.3 is 10.4 Å². The largest absolute Gasteiger partial charge is 0.478 e. The molecule has 0 radical (unpaired) electrons. The third kappa shape index (κ3) is 4.79. The molecule has 3 nitrogen and oxygen atoms in total. The van der Waals surface area contributed by atoms with Crippen LogP contribution in [-0.2, 0) is 4.79 Å². The fraction of sp³-hybridized carbons (Fsp3) is 0.769. The SMILES string of the molecule is CC(=CC(=O)O)CNC1CCCC(C)(C)C1. The summed E-state index contributed by atoms with van der Waals surface area (Å²) in [4.78, 5) is 10.5. The zero-order chi connectivity index (χ0) is 12.2. The standard InChI is InChI=1S/C13H23NO2/c1-10(7-12(15)16)9-14-11-5-4-6-13(2,3)8-11/h7,11,14H,4-6,8-9H2,1-3H3,(H,15,16). The first-order valence-corrected chi connectivity index (χ1v) is 6.02. The van der Waals surface area contributed by atoms with Gasteiger partial charge in [-0.15, -0.1) is 0 Å². The summed E-state index contributed by atoms with van der Waals surface area (Å²) in [6.45, 7) is 7.16. The summed E-state index contributed by atoms with van der Waals surface area (Å²) in [5, 5.41) is 12.1. The van der Waals surface area contributed by atoms with Gasteiger partial charge in [0, 0.05) is 18.7 Å². The van der Waals surface area contributed by atoms with Crippen LogP contribution in [0.4, 0.5) is 0 Å². The lowest BCUT2D eigenvalue weighted by molar-refractivity contribution is -0.131. The summed E-state index contributed by atoms with van der Waals surface area (Å²) in [5.74, 6) is -0.858. The molecule has 3 heteroatoms. The Kier molecular flexibility index (Phi) is 4.54. The second-order valence-corrected chi connectivity index (χ2v) is 5.67.